The number of carbonyl (C=O) groups excluding carboxylic acids is 1. The fraction of sp³-hybridized carbons (Fsp3) is 0.316. The molecule has 1 amide bonds. The van der Waals surface area contributed by atoms with Crippen LogP contribution in [0.4, 0.5) is 13.2 Å². The maximum Gasteiger partial charge on any atom is 0.416 e. The van der Waals surface area contributed by atoms with Crippen molar-refractivity contribution in [2.75, 3.05) is 6.54 Å². The van der Waals surface area contributed by atoms with Crippen LogP contribution < -0.4 is 10.0 Å². The van der Waals surface area contributed by atoms with Gasteiger partial charge in [0.2, 0.25) is 15.9 Å². The quantitative estimate of drug-likeness (QED) is 0.728. The van der Waals surface area contributed by atoms with Crippen LogP contribution in [0.15, 0.2) is 53.4 Å². The number of carbonyl (C=O) groups is 1. The van der Waals surface area contributed by atoms with Gasteiger partial charge in [0.1, 0.15) is 0 Å². The Morgan fingerprint density at radius 2 is 1.61 bits per heavy atom. The number of aryl methyl sites for hydroxylation is 1. The van der Waals surface area contributed by atoms with Crippen LogP contribution in [0, 0.1) is 6.92 Å². The maximum absolute atomic E-state index is 12.6. The Bertz CT molecular complexity index is 909. The zero-order chi connectivity index (χ0) is 20.9. The Morgan fingerprint density at radius 3 is 2.14 bits per heavy atom. The van der Waals surface area contributed by atoms with Crippen LogP contribution in [0.5, 0.6) is 0 Å². The summed E-state index contributed by atoms with van der Waals surface area (Å²) in [7, 11) is -3.71. The summed E-state index contributed by atoms with van der Waals surface area (Å²) in [6, 6.07) is 10.3. The number of nitrogens with one attached hydrogen (secondary N) is 2. The molecule has 9 heteroatoms. The molecule has 0 saturated carbocycles. The number of alkyl halides is 3. The second-order valence-electron chi connectivity index (χ2n) is 6.37. The predicted octanol–water partition coefficient (Wildman–Crippen LogP) is 3.56. The Morgan fingerprint density at radius 1 is 1.04 bits per heavy atom. The summed E-state index contributed by atoms with van der Waals surface area (Å²) in [6.45, 7) is 3.38. The van der Waals surface area contributed by atoms with Gasteiger partial charge in [-0.3, -0.25) is 4.79 Å². The van der Waals surface area contributed by atoms with E-state index in [4.69, 9.17) is 0 Å². The van der Waals surface area contributed by atoms with Gasteiger partial charge in [0.15, 0.2) is 0 Å². The predicted molar refractivity (Wildman–Crippen MR) is 99.0 cm³/mol. The Kier molecular flexibility index (Phi) is 6.84. The average molecular weight is 414 g/mol. The van der Waals surface area contributed by atoms with Crippen molar-refractivity contribution in [1.82, 2.24) is 10.0 Å². The molecule has 0 radical (unpaired) electrons. The summed E-state index contributed by atoms with van der Waals surface area (Å²) in [6.07, 6.45) is -4.52. The molecule has 0 heterocycles. The fourth-order valence-corrected chi connectivity index (χ4v) is 3.49. The largest absolute Gasteiger partial charge is 0.416 e. The highest BCUT2D eigenvalue weighted by atomic mass is 32.2. The highest BCUT2D eigenvalue weighted by molar-refractivity contribution is 7.89. The van der Waals surface area contributed by atoms with Crippen LogP contribution in [0.1, 0.15) is 36.1 Å². The second-order valence-corrected chi connectivity index (χ2v) is 8.14. The van der Waals surface area contributed by atoms with Gasteiger partial charge in [0.25, 0.3) is 0 Å². The molecule has 1 unspecified atom stereocenters. The minimum absolute atomic E-state index is 0.0955. The molecule has 152 valence electrons. The van der Waals surface area contributed by atoms with Crippen molar-refractivity contribution in [3.05, 3.63) is 65.2 Å². The van der Waals surface area contributed by atoms with Gasteiger partial charge in [-0.05, 0) is 43.7 Å². The molecule has 2 aromatic rings. The summed E-state index contributed by atoms with van der Waals surface area (Å²) >= 11 is 0. The van der Waals surface area contributed by atoms with E-state index in [-0.39, 0.29) is 17.9 Å². The van der Waals surface area contributed by atoms with Crippen molar-refractivity contribution in [2.24, 2.45) is 0 Å². The lowest BCUT2D eigenvalue weighted by Crippen LogP contribution is -2.32. The molecule has 2 aromatic carbocycles. The van der Waals surface area contributed by atoms with Crippen molar-refractivity contribution < 1.29 is 26.4 Å². The summed E-state index contributed by atoms with van der Waals surface area (Å²) in [5.41, 5.74) is 0.678. The summed E-state index contributed by atoms with van der Waals surface area (Å²) in [5, 5.41) is 2.63. The van der Waals surface area contributed by atoms with Crippen molar-refractivity contribution in [1.29, 1.82) is 0 Å². The second kappa shape index (κ2) is 8.74. The Balaban J connectivity index is 1.85. The van der Waals surface area contributed by atoms with Crippen LogP contribution in [0.3, 0.4) is 0 Å². The minimum atomic E-state index is -4.42. The molecule has 0 aromatic heterocycles. The minimum Gasteiger partial charge on any atom is -0.350 e. The number of benzene rings is 2. The highest BCUT2D eigenvalue weighted by Gasteiger charge is 2.30. The number of sulfonamides is 1. The van der Waals surface area contributed by atoms with Crippen LogP contribution in [0.25, 0.3) is 0 Å². The van der Waals surface area contributed by atoms with E-state index in [0.29, 0.717) is 5.56 Å². The monoisotopic (exact) mass is 414 g/mol. The van der Waals surface area contributed by atoms with Crippen LogP contribution in [0.2, 0.25) is 0 Å². The van der Waals surface area contributed by atoms with E-state index in [1.807, 2.05) is 6.92 Å². The molecule has 0 fully saturated rings. The zero-order valence-electron chi connectivity index (χ0n) is 15.4. The van der Waals surface area contributed by atoms with E-state index in [1.54, 1.807) is 19.1 Å². The van der Waals surface area contributed by atoms with E-state index in [9.17, 15) is 26.4 Å². The topological polar surface area (TPSA) is 75.3 Å². The molecule has 0 saturated heterocycles. The lowest BCUT2D eigenvalue weighted by molar-refractivity contribution is -0.137. The van der Waals surface area contributed by atoms with E-state index in [0.717, 1.165) is 17.7 Å². The molecule has 5 nitrogen and oxygen atoms in total. The number of hydrogen-bond acceptors (Lipinski definition) is 3. The number of halogens is 3. The number of rotatable bonds is 7. The first kappa shape index (κ1) is 21.9. The van der Waals surface area contributed by atoms with Crippen molar-refractivity contribution in [3.63, 3.8) is 0 Å². The number of hydrogen-bond donors (Lipinski definition) is 2. The Hall–Kier alpha value is -2.39. The summed E-state index contributed by atoms with van der Waals surface area (Å²) in [4.78, 5) is 12.1. The molecule has 0 aliphatic heterocycles. The summed E-state index contributed by atoms with van der Waals surface area (Å²) in [5.74, 6) is -0.418. The number of amides is 1. The molecular weight excluding hydrogens is 393 g/mol. The first-order chi connectivity index (χ1) is 13.0. The molecule has 0 aliphatic rings. The van der Waals surface area contributed by atoms with Gasteiger partial charge in [-0.15, -0.1) is 0 Å². The van der Waals surface area contributed by atoms with Gasteiger partial charge >= 0.3 is 6.18 Å². The molecule has 1 atom stereocenters. The third-order valence-electron chi connectivity index (χ3n) is 4.09. The molecule has 0 bridgehead atoms. The fourth-order valence-electron chi connectivity index (χ4n) is 2.46. The van der Waals surface area contributed by atoms with Gasteiger partial charge in [-0.2, -0.15) is 13.2 Å². The van der Waals surface area contributed by atoms with Crippen molar-refractivity contribution >= 4 is 15.9 Å². The van der Waals surface area contributed by atoms with E-state index >= 15 is 0 Å². The first-order valence-electron chi connectivity index (χ1n) is 8.52. The molecule has 2 rings (SSSR count). The van der Waals surface area contributed by atoms with E-state index < -0.39 is 33.7 Å². The Labute approximate surface area is 162 Å². The lowest BCUT2D eigenvalue weighted by atomic mass is 10.1. The molecule has 0 aliphatic carbocycles. The van der Waals surface area contributed by atoms with E-state index in [2.05, 4.69) is 10.0 Å². The average Bonchev–Trinajstić information content (AvgIpc) is 2.61. The van der Waals surface area contributed by atoms with Gasteiger partial charge in [0.05, 0.1) is 16.5 Å². The van der Waals surface area contributed by atoms with Crippen LogP contribution in [-0.2, 0) is 21.0 Å². The van der Waals surface area contributed by atoms with Crippen molar-refractivity contribution in [2.45, 2.75) is 37.4 Å². The third-order valence-corrected chi connectivity index (χ3v) is 5.57. The van der Waals surface area contributed by atoms with Crippen LogP contribution in [-0.4, -0.2) is 20.9 Å². The molecule has 28 heavy (non-hydrogen) atoms. The van der Waals surface area contributed by atoms with Gasteiger partial charge in [0, 0.05) is 13.0 Å². The van der Waals surface area contributed by atoms with Crippen molar-refractivity contribution in [3.8, 4) is 0 Å². The maximum atomic E-state index is 12.6. The summed E-state index contributed by atoms with van der Waals surface area (Å²) < 4.78 is 64.4. The van der Waals surface area contributed by atoms with Gasteiger partial charge < -0.3 is 5.32 Å². The SMILES string of the molecule is Cc1ccc(S(=O)(=O)NCCC(=O)NC(C)c2ccc(C(F)(F)F)cc2)cc1. The standard InChI is InChI=1S/C19H21F3N2O3S/c1-13-3-9-17(10-4-13)28(26,27)23-12-11-18(25)24-14(2)15-5-7-16(8-6-15)19(20,21)22/h3-10,14,23H,11-12H2,1-2H3,(H,24,25). The molecule has 0 spiro atoms. The van der Waals surface area contributed by atoms with Crippen LogP contribution >= 0.6 is 0 Å². The lowest BCUT2D eigenvalue weighted by Gasteiger charge is -2.15. The van der Waals surface area contributed by atoms with Gasteiger partial charge in [-0.1, -0.05) is 29.8 Å². The van der Waals surface area contributed by atoms with E-state index in [1.165, 1.54) is 24.3 Å². The smallest absolute Gasteiger partial charge is 0.350 e. The third kappa shape index (κ3) is 6.07. The zero-order valence-corrected chi connectivity index (χ0v) is 16.2. The molecular formula is C19H21F3N2O3S. The first-order valence-corrected chi connectivity index (χ1v) is 10.0. The highest BCUT2D eigenvalue weighted by Crippen LogP contribution is 2.29. The molecule has 2 N–H and O–H groups in total. The normalized spacial score (nSPS) is 13.2. The van der Waals surface area contributed by atoms with Gasteiger partial charge in [-0.25, -0.2) is 13.1 Å².